The maximum atomic E-state index is 6.22. The predicted octanol–water partition coefficient (Wildman–Crippen LogP) is 4.51. The van der Waals surface area contributed by atoms with Gasteiger partial charge in [0.2, 0.25) is 0 Å². The molecule has 0 bridgehead atoms. The van der Waals surface area contributed by atoms with Gasteiger partial charge in [0.1, 0.15) is 0 Å². The molecule has 1 atom stereocenters. The van der Waals surface area contributed by atoms with Crippen LogP contribution in [-0.4, -0.2) is 19.3 Å². The molecule has 1 saturated carbocycles. The van der Waals surface area contributed by atoms with E-state index in [0.29, 0.717) is 6.04 Å². The van der Waals surface area contributed by atoms with E-state index in [2.05, 4.69) is 38.9 Å². The van der Waals surface area contributed by atoms with E-state index in [0.717, 1.165) is 19.4 Å². The highest BCUT2D eigenvalue weighted by Crippen LogP contribution is 2.43. The molecule has 1 aromatic heterocycles. The Morgan fingerprint density at radius 3 is 2.61 bits per heavy atom. The minimum atomic E-state index is -0.0225. The fourth-order valence-corrected chi connectivity index (χ4v) is 4.71. The van der Waals surface area contributed by atoms with Crippen LogP contribution in [0.25, 0.3) is 0 Å². The van der Waals surface area contributed by atoms with Gasteiger partial charge < -0.3 is 10.1 Å². The fraction of sp³-hybridized carbons (Fsp3) is 0.714. The Hall–Kier alpha value is 0.100. The van der Waals surface area contributed by atoms with Crippen molar-refractivity contribution in [1.29, 1.82) is 0 Å². The Morgan fingerprint density at radius 1 is 1.39 bits per heavy atom. The molecule has 0 radical (unpaired) electrons. The molecule has 102 valence electrons. The lowest BCUT2D eigenvalue weighted by Crippen LogP contribution is -2.46. The summed E-state index contributed by atoms with van der Waals surface area (Å²) in [4.78, 5) is 0. The Labute approximate surface area is 122 Å². The fourth-order valence-electron chi connectivity index (χ4n) is 3.15. The summed E-state index contributed by atoms with van der Waals surface area (Å²) < 4.78 is 7.43. The van der Waals surface area contributed by atoms with Gasteiger partial charge >= 0.3 is 0 Å². The van der Waals surface area contributed by atoms with Crippen molar-refractivity contribution in [3.63, 3.8) is 0 Å². The second-order valence-electron chi connectivity index (χ2n) is 4.96. The first-order chi connectivity index (χ1) is 8.73. The molecule has 1 heterocycles. The largest absolute Gasteiger partial charge is 0.373 e. The molecule has 4 heteroatoms. The van der Waals surface area contributed by atoms with Crippen molar-refractivity contribution in [1.82, 2.24) is 5.32 Å². The van der Waals surface area contributed by atoms with Crippen molar-refractivity contribution in [2.75, 3.05) is 13.7 Å². The van der Waals surface area contributed by atoms with Gasteiger partial charge in [0, 0.05) is 16.5 Å². The molecule has 2 nitrogen and oxygen atoms in total. The van der Waals surface area contributed by atoms with Crippen LogP contribution in [0.5, 0.6) is 0 Å². The van der Waals surface area contributed by atoms with Crippen molar-refractivity contribution < 1.29 is 4.74 Å². The molecular weight excluding hydrogens is 310 g/mol. The van der Waals surface area contributed by atoms with Crippen LogP contribution in [-0.2, 0) is 4.74 Å². The molecule has 2 rings (SSSR count). The number of hydrogen-bond donors (Lipinski definition) is 1. The number of likely N-dealkylation sites (N-methyl/N-ethyl adjacent to an activating group) is 1. The second-order valence-corrected chi connectivity index (χ2v) is 6.55. The van der Waals surface area contributed by atoms with E-state index in [1.165, 1.54) is 29.3 Å². The van der Waals surface area contributed by atoms with Crippen molar-refractivity contribution >= 4 is 27.3 Å². The molecule has 18 heavy (non-hydrogen) atoms. The van der Waals surface area contributed by atoms with E-state index < -0.39 is 0 Å². The van der Waals surface area contributed by atoms with Crippen LogP contribution < -0.4 is 5.32 Å². The summed E-state index contributed by atoms with van der Waals surface area (Å²) in [6.07, 6.45) is 6.22. The Balaban J connectivity index is 2.29. The molecule has 1 fully saturated rings. The number of rotatable bonds is 5. The number of halogens is 1. The molecule has 1 aliphatic carbocycles. The van der Waals surface area contributed by atoms with Crippen LogP contribution in [0, 0.1) is 0 Å². The molecule has 0 spiro atoms. The van der Waals surface area contributed by atoms with E-state index >= 15 is 0 Å². The second kappa shape index (κ2) is 6.51. The third-order valence-corrected chi connectivity index (χ3v) is 5.65. The van der Waals surface area contributed by atoms with Crippen molar-refractivity contribution in [3.8, 4) is 0 Å². The third-order valence-electron chi connectivity index (χ3n) is 3.90. The van der Waals surface area contributed by atoms with Crippen LogP contribution >= 0.6 is 27.3 Å². The molecule has 1 aliphatic rings. The Morgan fingerprint density at radius 2 is 2.11 bits per heavy atom. The molecule has 1 N–H and O–H groups in total. The first-order valence-corrected chi connectivity index (χ1v) is 8.50. The molecule has 0 saturated heterocycles. The van der Waals surface area contributed by atoms with Crippen LogP contribution in [0.3, 0.4) is 0 Å². The number of nitrogens with one attached hydrogen (secondary N) is 1. The van der Waals surface area contributed by atoms with Crippen molar-refractivity contribution in [3.05, 3.63) is 20.8 Å². The van der Waals surface area contributed by atoms with Gasteiger partial charge in [-0.2, -0.15) is 11.3 Å². The van der Waals surface area contributed by atoms with Crippen molar-refractivity contribution in [2.24, 2.45) is 0 Å². The standard InChI is InChI=1S/C14H22BrNOS/c1-3-17-14(7-5-4-6-8-14)13(16-2)11-9-18-10-12(11)15/h9-10,13,16H,3-8H2,1-2H3. The average molecular weight is 332 g/mol. The highest BCUT2D eigenvalue weighted by molar-refractivity contribution is 9.10. The lowest BCUT2D eigenvalue weighted by atomic mass is 9.77. The van der Waals surface area contributed by atoms with Gasteiger partial charge in [-0.05, 0) is 53.7 Å². The van der Waals surface area contributed by atoms with Gasteiger partial charge in [-0.15, -0.1) is 0 Å². The third kappa shape index (κ3) is 2.82. The van der Waals surface area contributed by atoms with E-state index in [4.69, 9.17) is 4.74 Å². The van der Waals surface area contributed by atoms with Crippen LogP contribution in [0.15, 0.2) is 15.2 Å². The summed E-state index contributed by atoms with van der Waals surface area (Å²) in [5.74, 6) is 0. The van der Waals surface area contributed by atoms with Crippen LogP contribution in [0.1, 0.15) is 50.6 Å². The van der Waals surface area contributed by atoms with E-state index in [1.807, 2.05) is 7.05 Å². The lowest BCUT2D eigenvalue weighted by Gasteiger charge is -2.43. The summed E-state index contributed by atoms with van der Waals surface area (Å²) in [7, 11) is 2.05. The van der Waals surface area contributed by atoms with Gasteiger partial charge in [-0.1, -0.05) is 19.3 Å². The zero-order chi connectivity index (χ0) is 13.0. The van der Waals surface area contributed by atoms with Gasteiger partial charge in [-0.3, -0.25) is 0 Å². The summed E-state index contributed by atoms with van der Waals surface area (Å²) in [6, 6.07) is 0.290. The number of ether oxygens (including phenoxy) is 1. The van der Waals surface area contributed by atoms with Gasteiger partial charge in [-0.25, -0.2) is 0 Å². The summed E-state index contributed by atoms with van der Waals surface area (Å²) in [5.41, 5.74) is 1.32. The zero-order valence-electron chi connectivity index (χ0n) is 11.2. The number of hydrogen-bond acceptors (Lipinski definition) is 3. The molecule has 0 aliphatic heterocycles. The first-order valence-electron chi connectivity index (χ1n) is 6.76. The average Bonchev–Trinajstić information content (AvgIpc) is 2.78. The molecule has 1 aromatic rings. The van der Waals surface area contributed by atoms with Gasteiger partial charge in [0.05, 0.1) is 11.6 Å². The minimum absolute atomic E-state index is 0.0225. The Bertz CT molecular complexity index is 368. The molecular formula is C14H22BrNOS. The predicted molar refractivity (Wildman–Crippen MR) is 81.3 cm³/mol. The van der Waals surface area contributed by atoms with E-state index in [-0.39, 0.29) is 5.60 Å². The van der Waals surface area contributed by atoms with Crippen molar-refractivity contribution in [2.45, 2.75) is 50.7 Å². The van der Waals surface area contributed by atoms with Gasteiger partial charge in [0.25, 0.3) is 0 Å². The van der Waals surface area contributed by atoms with E-state index in [9.17, 15) is 0 Å². The van der Waals surface area contributed by atoms with E-state index in [1.54, 1.807) is 11.3 Å². The Kier molecular flexibility index (Phi) is 5.24. The number of thiophene rings is 1. The summed E-state index contributed by atoms with van der Waals surface area (Å²) in [5, 5.41) is 7.88. The quantitative estimate of drug-likeness (QED) is 0.856. The topological polar surface area (TPSA) is 21.3 Å². The summed E-state index contributed by atoms with van der Waals surface area (Å²) in [6.45, 7) is 2.89. The van der Waals surface area contributed by atoms with Gasteiger partial charge in [0.15, 0.2) is 0 Å². The smallest absolute Gasteiger partial charge is 0.0876 e. The maximum absolute atomic E-state index is 6.22. The normalized spacial score (nSPS) is 20.8. The highest BCUT2D eigenvalue weighted by atomic mass is 79.9. The first kappa shape index (κ1) is 14.5. The van der Waals surface area contributed by atoms with Crippen LogP contribution in [0.4, 0.5) is 0 Å². The SMILES string of the molecule is CCOC1(C(NC)c2cscc2Br)CCCCC1. The molecule has 1 unspecified atom stereocenters. The maximum Gasteiger partial charge on any atom is 0.0876 e. The minimum Gasteiger partial charge on any atom is -0.373 e. The lowest BCUT2D eigenvalue weighted by molar-refractivity contribution is -0.0899. The molecule has 0 aromatic carbocycles. The highest BCUT2D eigenvalue weighted by Gasteiger charge is 2.41. The van der Waals surface area contributed by atoms with Crippen LogP contribution in [0.2, 0.25) is 0 Å². The zero-order valence-corrected chi connectivity index (χ0v) is 13.6. The monoisotopic (exact) mass is 331 g/mol. The summed E-state index contributed by atoms with van der Waals surface area (Å²) >= 11 is 5.41. The molecule has 0 amide bonds.